The number of halogens is 1. The first kappa shape index (κ1) is 8.15. The number of nitrogens with zero attached hydrogens (tertiary/aromatic N) is 3. The van der Waals surface area contributed by atoms with Crippen molar-refractivity contribution in [3.05, 3.63) is 10.3 Å². The molecule has 2 aliphatic heterocycles. The molecule has 13 heavy (non-hydrogen) atoms. The van der Waals surface area contributed by atoms with Gasteiger partial charge in [-0.2, -0.15) is 4.37 Å². The molecule has 2 bridgehead atoms. The number of hydrogen-bond acceptors (Lipinski definition) is 4. The van der Waals surface area contributed by atoms with Crippen LogP contribution in [0.25, 0.3) is 0 Å². The summed E-state index contributed by atoms with van der Waals surface area (Å²) in [5.74, 6) is 1.42. The molecule has 3 rings (SSSR count). The van der Waals surface area contributed by atoms with Crippen molar-refractivity contribution < 1.29 is 0 Å². The Labute approximate surface area is 85.9 Å². The number of fused-ring (bicyclic) bond motifs is 2. The van der Waals surface area contributed by atoms with E-state index in [4.69, 9.17) is 11.6 Å². The minimum absolute atomic E-state index is 0.415. The first-order valence-electron chi connectivity index (χ1n) is 4.54. The van der Waals surface area contributed by atoms with Gasteiger partial charge < -0.3 is 4.90 Å². The molecule has 0 aliphatic carbocycles. The van der Waals surface area contributed by atoms with Gasteiger partial charge in [0.15, 0.2) is 0 Å². The second-order valence-electron chi connectivity index (χ2n) is 3.82. The van der Waals surface area contributed by atoms with E-state index in [0.29, 0.717) is 11.2 Å². The van der Waals surface area contributed by atoms with Gasteiger partial charge in [-0.1, -0.05) is 0 Å². The van der Waals surface area contributed by atoms with E-state index in [-0.39, 0.29) is 0 Å². The van der Waals surface area contributed by atoms with Crippen LogP contribution < -0.4 is 0 Å². The van der Waals surface area contributed by atoms with Gasteiger partial charge in [-0.05, 0) is 42.0 Å². The fraction of sp³-hybridized carbons (Fsp3) is 0.750. The third-order valence-electron chi connectivity index (χ3n) is 3.07. The number of rotatable bonds is 1. The number of piperidine rings is 1. The summed E-state index contributed by atoms with van der Waals surface area (Å²) in [6.45, 7) is 3.69. The molecule has 1 aromatic heterocycles. The summed E-state index contributed by atoms with van der Waals surface area (Å²) in [6, 6.07) is 0. The van der Waals surface area contributed by atoms with Gasteiger partial charge in [-0.15, -0.1) is 0 Å². The molecule has 3 nitrogen and oxygen atoms in total. The summed E-state index contributed by atoms with van der Waals surface area (Å²) in [5, 5.41) is 1.55. The summed E-state index contributed by atoms with van der Waals surface area (Å²) < 4.78 is 4.02. The van der Waals surface area contributed by atoms with Crippen LogP contribution >= 0.6 is 23.1 Å². The summed E-state index contributed by atoms with van der Waals surface area (Å²) in [5.41, 5.74) is 0. The second-order valence-corrected chi connectivity index (χ2v) is 4.94. The van der Waals surface area contributed by atoms with Crippen LogP contribution in [0.3, 0.4) is 0 Å². The molecule has 0 spiro atoms. The lowest BCUT2D eigenvalue weighted by molar-refractivity contribution is 0.346. The van der Waals surface area contributed by atoms with Crippen molar-refractivity contribution in [2.75, 3.05) is 19.6 Å². The van der Waals surface area contributed by atoms with Gasteiger partial charge >= 0.3 is 0 Å². The maximum atomic E-state index is 5.72. The van der Waals surface area contributed by atoms with Gasteiger partial charge in [-0.3, -0.25) is 0 Å². The Morgan fingerprint density at radius 3 is 2.92 bits per heavy atom. The Morgan fingerprint density at radius 1 is 1.46 bits per heavy atom. The zero-order valence-corrected chi connectivity index (χ0v) is 8.68. The van der Waals surface area contributed by atoms with E-state index in [1.807, 2.05) is 0 Å². The minimum Gasteiger partial charge on any atom is -0.302 e. The van der Waals surface area contributed by atoms with Gasteiger partial charge in [0.25, 0.3) is 0 Å². The Hall–Kier alpha value is -0.190. The molecule has 0 amide bonds. The maximum Gasteiger partial charge on any atom is 0.234 e. The number of aromatic nitrogens is 2. The highest BCUT2D eigenvalue weighted by molar-refractivity contribution is 7.05. The quantitative estimate of drug-likeness (QED) is 0.713. The van der Waals surface area contributed by atoms with E-state index in [0.717, 1.165) is 17.5 Å². The Kier molecular flexibility index (Phi) is 1.82. The first-order valence-corrected chi connectivity index (χ1v) is 5.69. The molecular weight excluding hydrogens is 206 g/mol. The lowest BCUT2D eigenvalue weighted by atomic mass is 9.93. The minimum atomic E-state index is 0.415. The van der Waals surface area contributed by atoms with Crippen LogP contribution in [0.5, 0.6) is 0 Å². The van der Waals surface area contributed by atoms with Crippen LogP contribution in [-0.2, 0) is 0 Å². The van der Waals surface area contributed by atoms with Crippen LogP contribution in [0, 0.1) is 5.92 Å². The normalized spacial score (nSPS) is 37.2. The lowest BCUT2D eigenvalue weighted by Crippen LogP contribution is -2.21. The van der Waals surface area contributed by atoms with Crippen molar-refractivity contribution in [1.82, 2.24) is 14.3 Å². The molecule has 0 radical (unpaired) electrons. The van der Waals surface area contributed by atoms with E-state index in [1.165, 1.54) is 31.0 Å². The molecule has 0 aromatic carbocycles. The lowest BCUT2D eigenvalue weighted by Gasteiger charge is -2.18. The zero-order valence-electron chi connectivity index (χ0n) is 7.11. The van der Waals surface area contributed by atoms with Crippen molar-refractivity contribution in [1.29, 1.82) is 0 Å². The predicted octanol–water partition coefficient (Wildman–Crippen LogP) is 1.61. The van der Waals surface area contributed by atoms with E-state index in [9.17, 15) is 0 Å². The molecular formula is C8H10ClN3S. The average Bonchev–Trinajstić information content (AvgIpc) is 2.77. The Balaban J connectivity index is 1.87. The molecule has 2 aliphatic rings. The fourth-order valence-electron chi connectivity index (χ4n) is 2.43. The molecule has 0 saturated carbocycles. The molecule has 5 heteroatoms. The van der Waals surface area contributed by atoms with Crippen LogP contribution in [0.1, 0.15) is 17.3 Å². The summed E-state index contributed by atoms with van der Waals surface area (Å²) in [7, 11) is 0. The summed E-state index contributed by atoms with van der Waals surface area (Å²) >= 11 is 7.18. The topological polar surface area (TPSA) is 29.0 Å². The molecule has 0 N–H and O–H groups in total. The van der Waals surface area contributed by atoms with E-state index in [2.05, 4.69) is 14.3 Å². The Morgan fingerprint density at radius 2 is 2.38 bits per heavy atom. The third kappa shape index (κ3) is 1.28. The molecule has 70 valence electrons. The summed E-state index contributed by atoms with van der Waals surface area (Å²) in [4.78, 5) is 6.76. The largest absolute Gasteiger partial charge is 0.302 e. The van der Waals surface area contributed by atoms with Gasteiger partial charge in [-0.25, -0.2) is 4.98 Å². The van der Waals surface area contributed by atoms with Crippen LogP contribution in [0.4, 0.5) is 0 Å². The van der Waals surface area contributed by atoms with Crippen LogP contribution in [0.15, 0.2) is 0 Å². The van der Waals surface area contributed by atoms with Gasteiger partial charge in [0.2, 0.25) is 5.28 Å². The molecule has 3 heterocycles. The molecule has 3 unspecified atom stereocenters. The maximum absolute atomic E-state index is 5.72. The van der Waals surface area contributed by atoms with Gasteiger partial charge in [0.05, 0.1) is 0 Å². The van der Waals surface area contributed by atoms with Crippen molar-refractivity contribution >= 4 is 23.1 Å². The van der Waals surface area contributed by atoms with Gasteiger partial charge in [0, 0.05) is 19.0 Å². The highest BCUT2D eigenvalue weighted by atomic mass is 35.5. The van der Waals surface area contributed by atoms with E-state index < -0.39 is 0 Å². The highest BCUT2D eigenvalue weighted by Crippen LogP contribution is 2.40. The SMILES string of the molecule is Clc1nsc(C2CN3CCC2C3)n1. The summed E-state index contributed by atoms with van der Waals surface area (Å²) in [6.07, 6.45) is 1.32. The van der Waals surface area contributed by atoms with Crippen molar-refractivity contribution in [2.45, 2.75) is 12.3 Å². The molecule has 3 atom stereocenters. The van der Waals surface area contributed by atoms with E-state index in [1.54, 1.807) is 0 Å². The monoisotopic (exact) mass is 215 g/mol. The Bertz CT molecular complexity index is 327. The predicted molar refractivity (Wildman–Crippen MR) is 52.2 cm³/mol. The molecule has 2 fully saturated rings. The second kappa shape index (κ2) is 2.90. The molecule has 2 saturated heterocycles. The molecule has 1 aromatic rings. The van der Waals surface area contributed by atoms with Crippen molar-refractivity contribution in [2.24, 2.45) is 5.92 Å². The highest BCUT2D eigenvalue weighted by Gasteiger charge is 2.40. The van der Waals surface area contributed by atoms with Crippen molar-refractivity contribution in [3.63, 3.8) is 0 Å². The van der Waals surface area contributed by atoms with E-state index >= 15 is 0 Å². The smallest absolute Gasteiger partial charge is 0.234 e. The zero-order chi connectivity index (χ0) is 8.84. The number of hydrogen-bond donors (Lipinski definition) is 0. The van der Waals surface area contributed by atoms with Crippen LogP contribution in [0.2, 0.25) is 5.28 Å². The third-order valence-corrected chi connectivity index (χ3v) is 4.18. The average molecular weight is 216 g/mol. The first-order chi connectivity index (χ1) is 6.33. The fourth-order valence-corrected chi connectivity index (χ4v) is 3.41. The standard InChI is InChI=1S/C8H10ClN3S/c9-8-10-7(13-11-8)6-4-12-2-1-5(6)3-12/h5-6H,1-4H2. The van der Waals surface area contributed by atoms with Crippen LogP contribution in [-0.4, -0.2) is 33.9 Å². The van der Waals surface area contributed by atoms with Crippen molar-refractivity contribution in [3.8, 4) is 0 Å². The van der Waals surface area contributed by atoms with Gasteiger partial charge in [0.1, 0.15) is 5.01 Å².